The number of rotatable bonds is 5. The summed E-state index contributed by atoms with van der Waals surface area (Å²) in [7, 11) is 0. The van der Waals surface area contributed by atoms with Crippen LogP contribution in [0.2, 0.25) is 0 Å². The molecule has 0 saturated heterocycles. The van der Waals surface area contributed by atoms with Crippen molar-refractivity contribution in [3.8, 4) is 5.75 Å². The third kappa shape index (κ3) is 3.64. The average Bonchev–Trinajstić information content (AvgIpc) is 2.66. The van der Waals surface area contributed by atoms with Crippen LogP contribution in [-0.2, 0) is 0 Å². The third-order valence-corrected chi connectivity index (χ3v) is 4.03. The standard InChI is InChI=1S/C18H12N4O7/c19-12-3-1-8-5-9(17(24)25)6-14(23)15(8)16(12)21-20-13-4-2-10(22(28)29)7-11(13)18(26)27/h1-7,23H,19H2,(H,24,25)(H,26,27)/b21-20+. The van der Waals surface area contributed by atoms with Crippen LogP contribution in [0.5, 0.6) is 5.75 Å². The van der Waals surface area contributed by atoms with E-state index in [2.05, 4.69) is 10.2 Å². The zero-order chi connectivity index (χ0) is 21.3. The lowest BCUT2D eigenvalue weighted by Crippen LogP contribution is -1.98. The quantitative estimate of drug-likeness (QED) is 0.216. The first-order valence-electron chi connectivity index (χ1n) is 7.91. The predicted octanol–water partition coefficient (Wildman–Crippen LogP) is 3.85. The van der Waals surface area contributed by atoms with Crippen LogP contribution in [0.15, 0.2) is 52.7 Å². The number of nitro groups is 1. The number of hydrogen-bond acceptors (Lipinski definition) is 8. The van der Waals surface area contributed by atoms with Gasteiger partial charge in [-0.3, -0.25) is 10.1 Å². The van der Waals surface area contributed by atoms with E-state index < -0.39 is 33.9 Å². The van der Waals surface area contributed by atoms with E-state index >= 15 is 0 Å². The van der Waals surface area contributed by atoms with Crippen LogP contribution in [0, 0.1) is 10.1 Å². The average molecular weight is 396 g/mol. The molecule has 0 heterocycles. The van der Waals surface area contributed by atoms with E-state index in [4.69, 9.17) is 10.8 Å². The van der Waals surface area contributed by atoms with Gasteiger partial charge in [0, 0.05) is 12.1 Å². The number of benzene rings is 3. The van der Waals surface area contributed by atoms with E-state index in [9.17, 15) is 29.9 Å². The number of nitrogen functional groups attached to an aromatic ring is 1. The molecule has 3 aromatic rings. The number of carboxylic acids is 2. The summed E-state index contributed by atoms with van der Waals surface area (Å²) in [5.41, 5.74) is 4.80. The Morgan fingerprint density at radius 3 is 2.34 bits per heavy atom. The maximum atomic E-state index is 11.4. The molecule has 11 nitrogen and oxygen atoms in total. The summed E-state index contributed by atoms with van der Waals surface area (Å²) in [6.45, 7) is 0. The van der Waals surface area contributed by atoms with Gasteiger partial charge in [-0.1, -0.05) is 6.07 Å². The maximum Gasteiger partial charge on any atom is 0.338 e. The van der Waals surface area contributed by atoms with Gasteiger partial charge in [-0.15, -0.1) is 10.2 Å². The summed E-state index contributed by atoms with van der Waals surface area (Å²) >= 11 is 0. The number of non-ortho nitro benzene ring substituents is 1. The summed E-state index contributed by atoms with van der Waals surface area (Å²) in [5, 5.41) is 47.7. The Balaban J connectivity index is 2.17. The number of nitrogens with zero attached hydrogens (tertiary/aromatic N) is 3. The Kier molecular flexibility index (Phi) is 4.79. The van der Waals surface area contributed by atoms with Crippen LogP contribution >= 0.6 is 0 Å². The van der Waals surface area contributed by atoms with E-state index in [-0.39, 0.29) is 28.0 Å². The number of aromatic carboxylic acids is 2. The van der Waals surface area contributed by atoms with Crippen LogP contribution < -0.4 is 5.73 Å². The smallest absolute Gasteiger partial charge is 0.338 e. The van der Waals surface area contributed by atoms with Crippen LogP contribution in [0.4, 0.5) is 22.7 Å². The van der Waals surface area contributed by atoms with Crippen molar-refractivity contribution in [3.05, 3.63) is 63.7 Å². The van der Waals surface area contributed by atoms with Gasteiger partial charge in [0.25, 0.3) is 5.69 Å². The van der Waals surface area contributed by atoms with Crippen molar-refractivity contribution in [2.75, 3.05) is 5.73 Å². The number of phenols is 1. The second-order valence-electron chi connectivity index (χ2n) is 5.87. The highest BCUT2D eigenvalue weighted by atomic mass is 16.6. The highest BCUT2D eigenvalue weighted by Gasteiger charge is 2.17. The molecular formula is C18H12N4O7. The van der Waals surface area contributed by atoms with Crippen LogP contribution in [0.3, 0.4) is 0 Å². The molecule has 3 rings (SSSR count). The van der Waals surface area contributed by atoms with Crippen LogP contribution in [0.25, 0.3) is 10.8 Å². The van der Waals surface area contributed by atoms with Crippen molar-refractivity contribution in [3.63, 3.8) is 0 Å². The maximum absolute atomic E-state index is 11.4. The molecule has 29 heavy (non-hydrogen) atoms. The van der Waals surface area contributed by atoms with E-state index in [1.165, 1.54) is 18.2 Å². The topological polar surface area (TPSA) is 189 Å². The molecule has 3 aromatic carbocycles. The first-order chi connectivity index (χ1) is 13.7. The van der Waals surface area contributed by atoms with E-state index in [1.54, 1.807) is 0 Å². The number of aromatic hydroxyl groups is 1. The van der Waals surface area contributed by atoms with Gasteiger partial charge in [0.05, 0.1) is 27.1 Å². The lowest BCUT2D eigenvalue weighted by atomic mass is 10.0. The number of fused-ring (bicyclic) bond motifs is 1. The van der Waals surface area contributed by atoms with Crippen LogP contribution in [-0.4, -0.2) is 32.2 Å². The monoisotopic (exact) mass is 396 g/mol. The summed E-state index contributed by atoms with van der Waals surface area (Å²) in [5.74, 6) is -3.08. The van der Waals surface area contributed by atoms with Crippen molar-refractivity contribution in [2.45, 2.75) is 0 Å². The summed E-state index contributed by atoms with van der Waals surface area (Å²) in [6, 6.07) is 8.29. The number of nitrogens with two attached hydrogens (primary N) is 1. The third-order valence-electron chi connectivity index (χ3n) is 4.03. The number of carbonyl (C=O) groups is 2. The summed E-state index contributed by atoms with van der Waals surface area (Å²) < 4.78 is 0. The largest absolute Gasteiger partial charge is 0.507 e. The minimum atomic E-state index is -1.44. The molecule has 0 unspecified atom stereocenters. The molecule has 146 valence electrons. The van der Waals surface area contributed by atoms with Crippen molar-refractivity contribution in [2.24, 2.45) is 10.2 Å². The Hall–Kier alpha value is -4.54. The fourth-order valence-corrected chi connectivity index (χ4v) is 2.67. The Labute approximate surface area is 161 Å². The Morgan fingerprint density at radius 1 is 1.00 bits per heavy atom. The van der Waals surface area contributed by atoms with Gasteiger partial charge in [-0.25, -0.2) is 9.59 Å². The van der Waals surface area contributed by atoms with Gasteiger partial charge in [0.1, 0.15) is 17.1 Å². The first-order valence-corrected chi connectivity index (χ1v) is 7.91. The molecule has 0 aromatic heterocycles. The van der Waals surface area contributed by atoms with Gasteiger partial charge in [0.2, 0.25) is 0 Å². The van der Waals surface area contributed by atoms with Gasteiger partial charge in [0.15, 0.2) is 0 Å². The molecule has 0 aliphatic heterocycles. The summed E-state index contributed by atoms with van der Waals surface area (Å²) in [4.78, 5) is 32.7. The normalized spacial score (nSPS) is 11.0. The fraction of sp³-hybridized carbons (Fsp3) is 0. The van der Waals surface area contributed by atoms with Crippen molar-refractivity contribution < 1.29 is 29.8 Å². The highest BCUT2D eigenvalue weighted by molar-refractivity contribution is 6.05. The fourth-order valence-electron chi connectivity index (χ4n) is 2.67. The van der Waals surface area contributed by atoms with Crippen molar-refractivity contribution in [1.82, 2.24) is 0 Å². The van der Waals surface area contributed by atoms with Gasteiger partial charge < -0.3 is 21.1 Å². The number of azo groups is 1. The van der Waals surface area contributed by atoms with E-state index in [0.29, 0.717) is 5.39 Å². The molecule has 0 atom stereocenters. The van der Waals surface area contributed by atoms with Crippen molar-refractivity contribution >= 4 is 45.5 Å². The minimum absolute atomic E-state index is 0.00775. The highest BCUT2D eigenvalue weighted by Crippen LogP contribution is 2.40. The zero-order valence-corrected chi connectivity index (χ0v) is 14.4. The molecule has 0 spiro atoms. The lowest BCUT2D eigenvalue weighted by Gasteiger charge is -2.08. The zero-order valence-electron chi connectivity index (χ0n) is 14.4. The SMILES string of the molecule is Nc1ccc2cc(C(=O)O)cc(O)c2c1/N=N/c1ccc([N+](=O)[O-])cc1C(=O)O. The van der Waals surface area contributed by atoms with E-state index in [1.807, 2.05) is 0 Å². The minimum Gasteiger partial charge on any atom is -0.507 e. The van der Waals surface area contributed by atoms with Gasteiger partial charge in [-0.05, 0) is 29.7 Å². The van der Waals surface area contributed by atoms with Crippen molar-refractivity contribution in [1.29, 1.82) is 0 Å². The lowest BCUT2D eigenvalue weighted by molar-refractivity contribution is -0.384. The first kappa shape index (κ1) is 19.2. The molecule has 5 N–H and O–H groups in total. The second kappa shape index (κ2) is 7.23. The summed E-state index contributed by atoms with van der Waals surface area (Å²) in [6.07, 6.45) is 0. The molecule has 11 heteroatoms. The van der Waals surface area contributed by atoms with Gasteiger partial charge in [-0.2, -0.15) is 0 Å². The molecule has 0 bridgehead atoms. The van der Waals surface area contributed by atoms with Gasteiger partial charge >= 0.3 is 11.9 Å². The molecule has 0 fully saturated rings. The number of phenolic OH excluding ortho intramolecular Hbond substituents is 1. The molecule has 0 amide bonds. The van der Waals surface area contributed by atoms with E-state index in [0.717, 1.165) is 24.3 Å². The molecule has 0 radical (unpaired) electrons. The predicted molar refractivity (Wildman–Crippen MR) is 101 cm³/mol. The number of hydrogen-bond donors (Lipinski definition) is 4. The molecule has 0 aliphatic rings. The number of nitro benzene ring substituents is 1. The number of anilines is 1. The molecule has 0 saturated carbocycles. The Bertz CT molecular complexity index is 1220. The Morgan fingerprint density at radius 2 is 1.72 bits per heavy atom. The second-order valence-corrected chi connectivity index (χ2v) is 5.87. The number of carboxylic acid groups (broad SMARTS) is 2. The van der Waals surface area contributed by atoms with Crippen LogP contribution in [0.1, 0.15) is 20.7 Å². The molecule has 0 aliphatic carbocycles. The molecular weight excluding hydrogens is 384 g/mol.